The van der Waals surface area contributed by atoms with E-state index < -0.39 is 0 Å². The van der Waals surface area contributed by atoms with Crippen LogP contribution < -0.4 is 5.32 Å². The van der Waals surface area contributed by atoms with Crippen LogP contribution in [0.2, 0.25) is 0 Å². The third-order valence-corrected chi connectivity index (χ3v) is 1.88. The van der Waals surface area contributed by atoms with Crippen molar-refractivity contribution in [2.45, 2.75) is 33.6 Å². The lowest BCUT2D eigenvalue weighted by Gasteiger charge is -2.10. The van der Waals surface area contributed by atoms with Crippen LogP contribution in [0.4, 0.5) is 0 Å². The third-order valence-electron chi connectivity index (χ3n) is 1.88. The Kier molecular flexibility index (Phi) is 6.80. The van der Waals surface area contributed by atoms with Crippen LogP contribution in [0.3, 0.4) is 0 Å². The van der Waals surface area contributed by atoms with Crippen molar-refractivity contribution >= 4 is 11.9 Å². The first-order valence-electron chi connectivity index (χ1n) is 5.05. The molecule has 82 valence electrons. The lowest BCUT2D eigenvalue weighted by atomic mass is 10.1. The SMILES string of the molecule is CCC[C@@H](C)C(=O)NCC(=O)OCC. The predicted octanol–water partition coefficient (Wildman–Crippen LogP) is 1.10. The molecular weight excluding hydrogens is 182 g/mol. The van der Waals surface area contributed by atoms with E-state index in [2.05, 4.69) is 10.1 Å². The summed E-state index contributed by atoms with van der Waals surface area (Å²) in [6.07, 6.45) is 1.81. The first kappa shape index (κ1) is 12.9. The van der Waals surface area contributed by atoms with E-state index in [0.717, 1.165) is 12.8 Å². The second-order valence-electron chi connectivity index (χ2n) is 3.21. The summed E-state index contributed by atoms with van der Waals surface area (Å²) in [7, 11) is 0. The molecular formula is C10H19NO3. The Balaban J connectivity index is 3.67. The molecule has 0 radical (unpaired) electrons. The first-order chi connectivity index (χ1) is 6.61. The zero-order valence-electron chi connectivity index (χ0n) is 9.13. The molecule has 14 heavy (non-hydrogen) atoms. The Morgan fingerprint density at radius 3 is 2.50 bits per heavy atom. The average molecular weight is 201 g/mol. The fourth-order valence-corrected chi connectivity index (χ4v) is 1.11. The molecule has 0 aliphatic heterocycles. The minimum Gasteiger partial charge on any atom is -0.465 e. The van der Waals surface area contributed by atoms with Gasteiger partial charge in [0.05, 0.1) is 6.61 Å². The Morgan fingerprint density at radius 2 is 2.00 bits per heavy atom. The van der Waals surface area contributed by atoms with Gasteiger partial charge in [0.2, 0.25) is 5.91 Å². The number of nitrogens with one attached hydrogen (secondary N) is 1. The van der Waals surface area contributed by atoms with Gasteiger partial charge in [-0.1, -0.05) is 20.3 Å². The van der Waals surface area contributed by atoms with Crippen LogP contribution in [0.5, 0.6) is 0 Å². The van der Waals surface area contributed by atoms with E-state index in [1.165, 1.54) is 0 Å². The third kappa shape index (κ3) is 5.56. The maximum Gasteiger partial charge on any atom is 0.325 e. The standard InChI is InChI=1S/C10H19NO3/c1-4-6-8(3)10(13)11-7-9(12)14-5-2/h8H,4-7H2,1-3H3,(H,11,13)/t8-/m1/s1. The van der Waals surface area contributed by atoms with Crippen molar-refractivity contribution in [2.75, 3.05) is 13.2 Å². The quantitative estimate of drug-likeness (QED) is 0.655. The highest BCUT2D eigenvalue weighted by atomic mass is 16.5. The minimum atomic E-state index is -0.385. The summed E-state index contributed by atoms with van der Waals surface area (Å²) in [6.45, 7) is 5.93. The molecule has 0 unspecified atom stereocenters. The molecule has 0 bridgehead atoms. The number of rotatable bonds is 6. The Hall–Kier alpha value is -1.06. The zero-order valence-corrected chi connectivity index (χ0v) is 9.13. The van der Waals surface area contributed by atoms with Crippen LogP contribution in [0.15, 0.2) is 0 Å². The average Bonchev–Trinajstić information content (AvgIpc) is 2.15. The molecule has 1 atom stereocenters. The number of carbonyl (C=O) groups is 2. The largest absolute Gasteiger partial charge is 0.465 e. The Bertz CT molecular complexity index is 192. The molecule has 0 aliphatic carbocycles. The molecule has 0 fully saturated rings. The molecule has 0 aromatic carbocycles. The highest BCUT2D eigenvalue weighted by molar-refractivity contribution is 5.83. The molecule has 0 saturated heterocycles. The van der Waals surface area contributed by atoms with Crippen molar-refractivity contribution < 1.29 is 14.3 Å². The first-order valence-corrected chi connectivity index (χ1v) is 5.05. The molecule has 0 spiro atoms. The summed E-state index contributed by atoms with van der Waals surface area (Å²) in [5.41, 5.74) is 0. The van der Waals surface area contributed by atoms with E-state index in [1.807, 2.05) is 13.8 Å². The van der Waals surface area contributed by atoms with Gasteiger partial charge in [0.15, 0.2) is 0 Å². The van der Waals surface area contributed by atoms with Crippen LogP contribution in [0.25, 0.3) is 0 Å². The molecule has 0 aromatic heterocycles. The van der Waals surface area contributed by atoms with Crippen molar-refractivity contribution in [3.63, 3.8) is 0 Å². The van der Waals surface area contributed by atoms with Crippen molar-refractivity contribution in [3.8, 4) is 0 Å². The molecule has 1 amide bonds. The van der Waals surface area contributed by atoms with Gasteiger partial charge in [0.25, 0.3) is 0 Å². The monoisotopic (exact) mass is 201 g/mol. The maximum absolute atomic E-state index is 11.3. The molecule has 0 heterocycles. The number of carbonyl (C=O) groups excluding carboxylic acids is 2. The van der Waals surface area contributed by atoms with E-state index in [0.29, 0.717) is 6.61 Å². The maximum atomic E-state index is 11.3. The van der Waals surface area contributed by atoms with Crippen LogP contribution >= 0.6 is 0 Å². The Morgan fingerprint density at radius 1 is 1.36 bits per heavy atom. The molecule has 0 saturated carbocycles. The summed E-state index contributed by atoms with van der Waals surface area (Å²) < 4.78 is 4.68. The smallest absolute Gasteiger partial charge is 0.325 e. The van der Waals surface area contributed by atoms with Gasteiger partial charge in [-0.05, 0) is 13.3 Å². The summed E-state index contributed by atoms with van der Waals surface area (Å²) in [4.78, 5) is 22.2. The van der Waals surface area contributed by atoms with Crippen LogP contribution in [0.1, 0.15) is 33.6 Å². The zero-order chi connectivity index (χ0) is 11.0. The van der Waals surface area contributed by atoms with E-state index in [1.54, 1.807) is 6.92 Å². The minimum absolute atomic E-state index is 0.0271. The summed E-state index contributed by atoms with van der Waals surface area (Å²) >= 11 is 0. The fraction of sp³-hybridized carbons (Fsp3) is 0.800. The van der Waals surface area contributed by atoms with Crippen LogP contribution in [-0.4, -0.2) is 25.0 Å². The number of hydrogen-bond donors (Lipinski definition) is 1. The summed E-state index contributed by atoms with van der Waals surface area (Å²) in [6, 6.07) is 0. The van der Waals surface area contributed by atoms with E-state index >= 15 is 0 Å². The van der Waals surface area contributed by atoms with E-state index in [9.17, 15) is 9.59 Å². The normalized spacial score (nSPS) is 11.9. The fourth-order valence-electron chi connectivity index (χ4n) is 1.11. The van der Waals surface area contributed by atoms with Crippen molar-refractivity contribution in [1.29, 1.82) is 0 Å². The van der Waals surface area contributed by atoms with Gasteiger partial charge in [-0.2, -0.15) is 0 Å². The molecule has 4 nitrogen and oxygen atoms in total. The topological polar surface area (TPSA) is 55.4 Å². The van der Waals surface area contributed by atoms with Crippen molar-refractivity contribution in [2.24, 2.45) is 5.92 Å². The van der Waals surface area contributed by atoms with Gasteiger partial charge in [0.1, 0.15) is 6.54 Å². The number of hydrogen-bond acceptors (Lipinski definition) is 3. The number of esters is 1. The van der Waals surface area contributed by atoms with Gasteiger partial charge in [-0.25, -0.2) is 0 Å². The molecule has 0 aromatic rings. The highest BCUT2D eigenvalue weighted by Gasteiger charge is 2.12. The van der Waals surface area contributed by atoms with Gasteiger partial charge in [0, 0.05) is 5.92 Å². The van der Waals surface area contributed by atoms with Gasteiger partial charge < -0.3 is 10.1 Å². The predicted molar refractivity (Wildman–Crippen MR) is 53.7 cm³/mol. The van der Waals surface area contributed by atoms with Gasteiger partial charge >= 0.3 is 5.97 Å². The summed E-state index contributed by atoms with van der Waals surface area (Å²) in [5, 5.41) is 2.54. The molecule has 4 heteroatoms. The molecule has 0 rings (SSSR count). The van der Waals surface area contributed by atoms with E-state index in [4.69, 9.17) is 0 Å². The van der Waals surface area contributed by atoms with Crippen molar-refractivity contribution in [1.82, 2.24) is 5.32 Å². The summed E-state index contributed by atoms with van der Waals surface area (Å²) in [5.74, 6) is -0.501. The lowest BCUT2D eigenvalue weighted by Crippen LogP contribution is -2.34. The number of ether oxygens (including phenoxy) is 1. The van der Waals surface area contributed by atoms with E-state index in [-0.39, 0.29) is 24.3 Å². The highest BCUT2D eigenvalue weighted by Crippen LogP contribution is 2.03. The van der Waals surface area contributed by atoms with Crippen LogP contribution in [0, 0.1) is 5.92 Å². The lowest BCUT2D eigenvalue weighted by molar-refractivity contribution is -0.143. The Labute approximate surface area is 85.0 Å². The second kappa shape index (κ2) is 7.35. The van der Waals surface area contributed by atoms with Gasteiger partial charge in [-0.15, -0.1) is 0 Å². The second-order valence-corrected chi connectivity index (χ2v) is 3.21. The van der Waals surface area contributed by atoms with Crippen molar-refractivity contribution in [3.05, 3.63) is 0 Å². The molecule has 0 aliphatic rings. The van der Waals surface area contributed by atoms with Crippen LogP contribution in [-0.2, 0) is 14.3 Å². The number of amides is 1. The molecule has 1 N–H and O–H groups in total. The van der Waals surface area contributed by atoms with Gasteiger partial charge in [-0.3, -0.25) is 9.59 Å².